The Hall–Kier alpha value is -3.06. The Bertz CT molecular complexity index is 738. The van der Waals surface area contributed by atoms with Crippen LogP contribution in [0.3, 0.4) is 0 Å². The molecule has 0 aliphatic carbocycles. The number of carbonyl (C=O) groups excluding carboxylic acids is 1. The lowest BCUT2D eigenvalue weighted by molar-refractivity contribution is -0.116. The maximum atomic E-state index is 11.5. The van der Waals surface area contributed by atoms with Gasteiger partial charge in [-0.15, -0.1) is 0 Å². The van der Waals surface area contributed by atoms with E-state index in [2.05, 4.69) is 17.4 Å². The number of ether oxygens (including phenoxy) is 1. The molecule has 0 aliphatic heterocycles. The molecule has 4 heteroatoms. The van der Waals surface area contributed by atoms with Gasteiger partial charge in [-0.3, -0.25) is 4.79 Å². The second kappa shape index (κ2) is 7.81. The maximum Gasteiger partial charge on any atom is 0.261 e. The van der Waals surface area contributed by atoms with E-state index in [-0.39, 0.29) is 5.57 Å². The summed E-state index contributed by atoms with van der Waals surface area (Å²) in [4.78, 5) is 11.5. The molecule has 1 amide bonds. The summed E-state index contributed by atoms with van der Waals surface area (Å²) in [5.41, 5.74) is 3.16. The zero-order valence-corrected chi connectivity index (χ0v) is 13.2. The van der Waals surface area contributed by atoms with Crippen LogP contribution in [0.1, 0.15) is 16.7 Å². The molecule has 0 spiro atoms. The summed E-state index contributed by atoms with van der Waals surface area (Å²) in [7, 11) is 1.50. The summed E-state index contributed by atoms with van der Waals surface area (Å²) in [5, 5.41) is 11.4. The summed E-state index contributed by atoms with van der Waals surface area (Å²) in [5.74, 6) is 0.341. The summed E-state index contributed by atoms with van der Waals surface area (Å²) in [6, 6.07) is 17.3. The highest BCUT2D eigenvalue weighted by Gasteiger charge is 2.06. The fraction of sp³-hybridized carbons (Fsp3) is 0.158. The first kappa shape index (κ1) is 16.3. The molecule has 2 aromatic rings. The van der Waals surface area contributed by atoms with Gasteiger partial charge in [0, 0.05) is 7.05 Å². The topological polar surface area (TPSA) is 62.1 Å². The normalized spacial score (nSPS) is 10.7. The van der Waals surface area contributed by atoms with E-state index >= 15 is 0 Å². The molecule has 0 aromatic heterocycles. The van der Waals surface area contributed by atoms with E-state index in [1.807, 2.05) is 49.4 Å². The van der Waals surface area contributed by atoms with Crippen LogP contribution < -0.4 is 10.1 Å². The highest BCUT2D eigenvalue weighted by atomic mass is 16.5. The van der Waals surface area contributed by atoms with Gasteiger partial charge in [0.15, 0.2) is 0 Å². The third-order valence-corrected chi connectivity index (χ3v) is 3.31. The van der Waals surface area contributed by atoms with E-state index in [1.165, 1.54) is 12.6 Å². The van der Waals surface area contributed by atoms with Crippen molar-refractivity contribution in [3.8, 4) is 11.8 Å². The maximum absolute atomic E-state index is 11.5. The molecule has 0 bridgehead atoms. The van der Waals surface area contributed by atoms with E-state index in [9.17, 15) is 4.79 Å². The van der Waals surface area contributed by atoms with Gasteiger partial charge in [-0.1, -0.05) is 42.0 Å². The van der Waals surface area contributed by atoms with E-state index in [0.717, 1.165) is 16.9 Å². The van der Waals surface area contributed by atoms with Gasteiger partial charge in [-0.25, -0.2) is 0 Å². The number of hydrogen-bond acceptors (Lipinski definition) is 3. The number of likely N-dealkylation sites (N-methyl/N-ethyl adjacent to an activating group) is 1. The van der Waals surface area contributed by atoms with E-state index in [1.54, 1.807) is 6.08 Å². The molecule has 23 heavy (non-hydrogen) atoms. The van der Waals surface area contributed by atoms with Crippen LogP contribution >= 0.6 is 0 Å². The van der Waals surface area contributed by atoms with Crippen molar-refractivity contribution in [2.24, 2.45) is 0 Å². The van der Waals surface area contributed by atoms with Gasteiger partial charge in [0.2, 0.25) is 0 Å². The predicted octanol–water partition coefficient (Wildman–Crippen LogP) is 3.23. The van der Waals surface area contributed by atoms with Crippen molar-refractivity contribution in [1.29, 1.82) is 5.26 Å². The zero-order valence-electron chi connectivity index (χ0n) is 13.2. The number of carbonyl (C=O) groups is 1. The highest BCUT2D eigenvalue weighted by Crippen LogP contribution is 2.16. The molecule has 116 valence electrons. The number of amides is 1. The highest BCUT2D eigenvalue weighted by molar-refractivity contribution is 6.01. The number of nitriles is 1. The molecule has 0 saturated carbocycles. The molecule has 0 radical (unpaired) electrons. The van der Waals surface area contributed by atoms with Crippen molar-refractivity contribution in [1.82, 2.24) is 5.32 Å². The number of nitrogens with zero attached hydrogens (tertiary/aromatic N) is 1. The fourth-order valence-corrected chi connectivity index (χ4v) is 1.96. The Morgan fingerprint density at radius 3 is 2.39 bits per heavy atom. The third kappa shape index (κ3) is 4.72. The lowest BCUT2D eigenvalue weighted by atomic mass is 10.1. The van der Waals surface area contributed by atoms with E-state index in [0.29, 0.717) is 6.61 Å². The van der Waals surface area contributed by atoms with Crippen molar-refractivity contribution in [2.75, 3.05) is 7.05 Å². The first-order valence-corrected chi connectivity index (χ1v) is 7.24. The molecule has 0 unspecified atom stereocenters. The van der Waals surface area contributed by atoms with Crippen LogP contribution in [0, 0.1) is 18.3 Å². The van der Waals surface area contributed by atoms with Gasteiger partial charge in [0.1, 0.15) is 24.0 Å². The monoisotopic (exact) mass is 306 g/mol. The minimum atomic E-state index is -0.396. The lowest BCUT2D eigenvalue weighted by Crippen LogP contribution is -2.19. The standard InChI is InChI=1S/C19H18N2O2/c1-14-3-5-16(6-4-14)13-23-18-9-7-15(8-10-18)11-17(12-20)19(22)21-2/h3-11H,13H2,1-2H3,(H,21,22)/b17-11+. The average molecular weight is 306 g/mol. The number of hydrogen-bond donors (Lipinski definition) is 1. The van der Waals surface area contributed by atoms with E-state index < -0.39 is 5.91 Å². The third-order valence-electron chi connectivity index (χ3n) is 3.31. The van der Waals surface area contributed by atoms with Crippen LogP contribution in [0.2, 0.25) is 0 Å². The first-order valence-electron chi connectivity index (χ1n) is 7.24. The predicted molar refractivity (Wildman–Crippen MR) is 89.6 cm³/mol. The van der Waals surface area contributed by atoms with Crippen molar-refractivity contribution in [3.05, 3.63) is 70.8 Å². The fourth-order valence-electron chi connectivity index (χ4n) is 1.96. The minimum absolute atomic E-state index is 0.0702. The molecular formula is C19H18N2O2. The van der Waals surface area contributed by atoms with Gasteiger partial charge in [-0.2, -0.15) is 5.26 Å². The summed E-state index contributed by atoms with van der Waals surface area (Å²) < 4.78 is 5.72. The number of rotatable bonds is 5. The van der Waals surface area contributed by atoms with Crippen LogP contribution in [0.4, 0.5) is 0 Å². The largest absolute Gasteiger partial charge is 0.489 e. The second-order valence-electron chi connectivity index (χ2n) is 5.09. The van der Waals surface area contributed by atoms with Crippen molar-refractivity contribution < 1.29 is 9.53 Å². The molecule has 0 atom stereocenters. The Morgan fingerprint density at radius 2 is 1.83 bits per heavy atom. The van der Waals surface area contributed by atoms with Crippen molar-refractivity contribution in [2.45, 2.75) is 13.5 Å². The molecule has 4 nitrogen and oxygen atoms in total. The van der Waals surface area contributed by atoms with Gasteiger partial charge >= 0.3 is 0 Å². The van der Waals surface area contributed by atoms with Gasteiger partial charge < -0.3 is 10.1 Å². The zero-order chi connectivity index (χ0) is 16.7. The molecule has 0 heterocycles. The number of nitrogens with one attached hydrogen (secondary N) is 1. The minimum Gasteiger partial charge on any atom is -0.489 e. The van der Waals surface area contributed by atoms with Crippen LogP contribution in [0.5, 0.6) is 5.75 Å². The molecule has 1 N–H and O–H groups in total. The summed E-state index contributed by atoms with van der Waals surface area (Å²) in [6.45, 7) is 2.54. The molecular weight excluding hydrogens is 288 g/mol. The molecule has 2 aromatic carbocycles. The van der Waals surface area contributed by atoms with Crippen LogP contribution in [0.15, 0.2) is 54.1 Å². The SMILES string of the molecule is CNC(=O)/C(C#N)=C/c1ccc(OCc2ccc(C)cc2)cc1. The average Bonchev–Trinajstić information content (AvgIpc) is 2.59. The quantitative estimate of drug-likeness (QED) is 0.681. The number of aryl methyl sites for hydroxylation is 1. The first-order chi connectivity index (χ1) is 11.1. The van der Waals surface area contributed by atoms with E-state index in [4.69, 9.17) is 10.00 Å². The van der Waals surface area contributed by atoms with Gasteiger partial charge in [0.05, 0.1) is 0 Å². The van der Waals surface area contributed by atoms with Gasteiger partial charge in [0.25, 0.3) is 5.91 Å². The van der Waals surface area contributed by atoms with Crippen molar-refractivity contribution >= 4 is 12.0 Å². The Morgan fingerprint density at radius 1 is 1.17 bits per heavy atom. The van der Waals surface area contributed by atoms with Gasteiger partial charge in [-0.05, 0) is 36.3 Å². The summed E-state index contributed by atoms with van der Waals surface area (Å²) >= 11 is 0. The van der Waals surface area contributed by atoms with Crippen LogP contribution in [-0.4, -0.2) is 13.0 Å². The molecule has 0 fully saturated rings. The summed E-state index contributed by atoms with van der Waals surface area (Å²) in [6.07, 6.45) is 1.54. The molecule has 2 rings (SSSR count). The Labute approximate surface area is 136 Å². The molecule has 0 saturated heterocycles. The Balaban J connectivity index is 2.02. The second-order valence-corrected chi connectivity index (χ2v) is 5.09. The van der Waals surface area contributed by atoms with Crippen LogP contribution in [0.25, 0.3) is 6.08 Å². The van der Waals surface area contributed by atoms with Crippen molar-refractivity contribution in [3.63, 3.8) is 0 Å². The smallest absolute Gasteiger partial charge is 0.261 e. The van der Waals surface area contributed by atoms with Crippen LogP contribution in [-0.2, 0) is 11.4 Å². The lowest BCUT2D eigenvalue weighted by Gasteiger charge is -2.07. The molecule has 0 aliphatic rings. The number of benzene rings is 2. The Kier molecular flexibility index (Phi) is 5.54.